The number of carbonyl (C=O) groups is 1. The summed E-state index contributed by atoms with van der Waals surface area (Å²) in [7, 11) is 0. The molecule has 3 rings (SSSR count). The highest BCUT2D eigenvalue weighted by molar-refractivity contribution is 5.97. The van der Waals surface area contributed by atoms with Crippen molar-refractivity contribution in [1.29, 1.82) is 0 Å². The molecule has 4 heteroatoms. The summed E-state index contributed by atoms with van der Waals surface area (Å²) in [6.45, 7) is 2.06. The largest absolute Gasteiger partial charge is 0.349 e. The molecule has 0 atom stereocenters. The summed E-state index contributed by atoms with van der Waals surface area (Å²) < 4.78 is 0. The van der Waals surface area contributed by atoms with Crippen molar-refractivity contribution in [3.8, 4) is 0 Å². The molecule has 1 aliphatic carbocycles. The number of H-pyrrole nitrogens is 1. The van der Waals surface area contributed by atoms with E-state index in [1.54, 1.807) is 0 Å². The lowest BCUT2D eigenvalue weighted by Gasteiger charge is -2.11. The summed E-state index contributed by atoms with van der Waals surface area (Å²) in [5, 5.41) is 3.11. The van der Waals surface area contributed by atoms with Crippen molar-refractivity contribution in [3.63, 3.8) is 0 Å². The van der Waals surface area contributed by atoms with Gasteiger partial charge in [-0.3, -0.25) is 4.79 Å². The minimum atomic E-state index is 0.0291. The third-order valence-electron chi connectivity index (χ3n) is 3.82. The van der Waals surface area contributed by atoms with Gasteiger partial charge in [0.25, 0.3) is 5.91 Å². The van der Waals surface area contributed by atoms with Crippen LogP contribution >= 0.6 is 0 Å². The van der Waals surface area contributed by atoms with Gasteiger partial charge in [-0.2, -0.15) is 0 Å². The summed E-state index contributed by atoms with van der Waals surface area (Å²) in [6.07, 6.45) is 5.54. The number of hydrogen-bond donors (Lipinski definition) is 2. The van der Waals surface area contributed by atoms with E-state index in [0.717, 1.165) is 36.1 Å². The maximum atomic E-state index is 12.2. The molecule has 0 aliphatic heterocycles. The zero-order valence-electron chi connectivity index (χ0n) is 11.2. The number of hydrogen-bond acceptors (Lipinski definition) is 2. The van der Waals surface area contributed by atoms with Gasteiger partial charge in [-0.25, -0.2) is 4.98 Å². The molecule has 2 aromatic rings. The van der Waals surface area contributed by atoms with Crippen LogP contribution in [0.1, 0.15) is 48.8 Å². The molecule has 1 aliphatic rings. The Balaban J connectivity index is 1.81. The quantitative estimate of drug-likeness (QED) is 0.888. The Hall–Kier alpha value is -1.84. The van der Waals surface area contributed by atoms with Crippen LogP contribution in [0.5, 0.6) is 0 Å². The molecular weight excluding hydrogens is 238 g/mol. The lowest BCUT2D eigenvalue weighted by Crippen LogP contribution is -2.32. The second-order valence-electron chi connectivity index (χ2n) is 5.22. The fourth-order valence-corrected chi connectivity index (χ4v) is 2.71. The molecule has 0 radical (unpaired) electrons. The first-order chi connectivity index (χ1) is 9.26. The first kappa shape index (κ1) is 12.2. The number of fused-ring (bicyclic) bond motifs is 1. The van der Waals surface area contributed by atoms with E-state index in [0.29, 0.717) is 11.6 Å². The Labute approximate surface area is 112 Å². The zero-order chi connectivity index (χ0) is 13.2. The third-order valence-corrected chi connectivity index (χ3v) is 3.82. The normalized spacial score (nSPS) is 16.1. The average molecular weight is 257 g/mol. The first-order valence-corrected chi connectivity index (χ1v) is 7.06. The van der Waals surface area contributed by atoms with Gasteiger partial charge in [-0.15, -0.1) is 0 Å². The van der Waals surface area contributed by atoms with Gasteiger partial charge in [0, 0.05) is 18.0 Å². The number of benzene rings is 1. The second kappa shape index (κ2) is 5.03. The molecule has 1 heterocycles. The van der Waals surface area contributed by atoms with Gasteiger partial charge in [0.2, 0.25) is 0 Å². The van der Waals surface area contributed by atoms with Crippen LogP contribution in [0.3, 0.4) is 0 Å². The van der Waals surface area contributed by atoms with Crippen molar-refractivity contribution in [2.24, 2.45) is 0 Å². The molecule has 0 bridgehead atoms. The smallest absolute Gasteiger partial charge is 0.251 e. The molecular formula is C15H19N3O. The zero-order valence-corrected chi connectivity index (χ0v) is 11.2. The maximum Gasteiger partial charge on any atom is 0.251 e. The van der Waals surface area contributed by atoms with E-state index in [-0.39, 0.29) is 5.91 Å². The number of carbonyl (C=O) groups excluding carboxylic acids is 1. The van der Waals surface area contributed by atoms with Crippen molar-refractivity contribution in [1.82, 2.24) is 15.3 Å². The van der Waals surface area contributed by atoms with Crippen LogP contribution in [-0.4, -0.2) is 21.9 Å². The van der Waals surface area contributed by atoms with E-state index in [9.17, 15) is 4.79 Å². The third kappa shape index (κ3) is 2.48. The van der Waals surface area contributed by atoms with Crippen LogP contribution in [-0.2, 0) is 6.42 Å². The van der Waals surface area contributed by atoms with Gasteiger partial charge < -0.3 is 10.3 Å². The number of rotatable bonds is 3. The van der Waals surface area contributed by atoms with Crippen LogP contribution in [0.25, 0.3) is 11.0 Å². The van der Waals surface area contributed by atoms with Crippen LogP contribution < -0.4 is 5.32 Å². The van der Waals surface area contributed by atoms with E-state index in [2.05, 4.69) is 22.2 Å². The molecule has 100 valence electrons. The Kier molecular flexibility index (Phi) is 3.23. The summed E-state index contributed by atoms with van der Waals surface area (Å²) in [6, 6.07) is 6.02. The Morgan fingerprint density at radius 1 is 1.42 bits per heavy atom. The fraction of sp³-hybridized carbons (Fsp3) is 0.467. The molecule has 1 aromatic heterocycles. The van der Waals surface area contributed by atoms with E-state index in [4.69, 9.17) is 0 Å². The van der Waals surface area contributed by atoms with Crippen molar-refractivity contribution in [2.45, 2.75) is 45.1 Å². The Morgan fingerprint density at radius 3 is 2.95 bits per heavy atom. The van der Waals surface area contributed by atoms with Crippen molar-refractivity contribution in [3.05, 3.63) is 29.6 Å². The summed E-state index contributed by atoms with van der Waals surface area (Å²) >= 11 is 0. The molecule has 0 saturated heterocycles. The fourth-order valence-electron chi connectivity index (χ4n) is 2.71. The number of aryl methyl sites for hydroxylation is 1. The lowest BCUT2D eigenvalue weighted by atomic mass is 10.1. The standard InChI is InChI=1S/C15H19N3O/c1-2-14-17-12-8-7-10(9-13(12)18-14)15(19)16-11-5-3-4-6-11/h7-9,11H,2-6H2,1H3,(H,16,19)(H,17,18). The van der Waals surface area contributed by atoms with E-state index in [1.807, 2.05) is 18.2 Å². The predicted molar refractivity (Wildman–Crippen MR) is 75.2 cm³/mol. The number of imidazole rings is 1. The Bertz CT molecular complexity index is 596. The monoisotopic (exact) mass is 257 g/mol. The van der Waals surface area contributed by atoms with Gasteiger partial charge in [0.1, 0.15) is 5.82 Å². The molecule has 19 heavy (non-hydrogen) atoms. The van der Waals surface area contributed by atoms with E-state index >= 15 is 0 Å². The summed E-state index contributed by atoms with van der Waals surface area (Å²) in [5.74, 6) is 0.991. The highest BCUT2D eigenvalue weighted by Gasteiger charge is 2.18. The maximum absolute atomic E-state index is 12.2. The number of aromatic nitrogens is 2. The Morgan fingerprint density at radius 2 is 2.21 bits per heavy atom. The predicted octanol–water partition coefficient (Wildman–Crippen LogP) is 2.80. The molecule has 0 spiro atoms. The highest BCUT2D eigenvalue weighted by atomic mass is 16.1. The second-order valence-corrected chi connectivity index (χ2v) is 5.22. The van der Waals surface area contributed by atoms with Gasteiger partial charge in [0.15, 0.2) is 0 Å². The van der Waals surface area contributed by atoms with E-state index in [1.165, 1.54) is 12.8 Å². The molecule has 4 nitrogen and oxygen atoms in total. The number of nitrogens with one attached hydrogen (secondary N) is 2. The van der Waals surface area contributed by atoms with Crippen LogP contribution in [0.15, 0.2) is 18.2 Å². The molecule has 1 fully saturated rings. The van der Waals surface area contributed by atoms with E-state index < -0.39 is 0 Å². The molecule has 0 unspecified atom stereocenters. The van der Waals surface area contributed by atoms with Crippen LogP contribution in [0, 0.1) is 0 Å². The summed E-state index contributed by atoms with van der Waals surface area (Å²) in [4.78, 5) is 19.9. The minimum Gasteiger partial charge on any atom is -0.349 e. The van der Waals surface area contributed by atoms with Crippen molar-refractivity contribution >= 4 is 16.9 Å². The van der Waals surface area contributed by atoms with Gasteiger partial charge >= 0.3 is 0 Å². The summed E-state index contributed by atoms with van der Waals surface area (Å²) in [5.41, 5.74) is 2.58. The van der Waals surface area contributed by atoms with Gasteiger partial charge in [-0.05, 0) is 31.0 Å². The van der Waals surface area contributed by atoms with Gasteiger partial charge in [0.05, 0.1) is 11.0 Å². The average Bonchev–Trinajstić information content (AvgIpc) is 3.05. The number of nitrogens with zero attached hydrogens (tertiary/aromatic N) is 1. The number of amides is 1. The molecule has 1 saturated carbocycles. The number of aromatic amines is 1. The first-order valence-electron chi connectivity index (χ1n) is 7.06. The van der Waals surface area contributed by atoms with Crippen molar-refractivity contribution in [2.75, 3.05) is 0 Å². The van der Waals surface area contributed by atoms with Crippen molar-refractivity contribution < 1.29 is 4.79 Å². The minimum absolute atomic E-state index is 0.0291. The highest BCUT2D eigenvalue weighted by Crippen LogP contribution is 2.19. The molecule has 1 amide bonds. The van der Waals surface area contributed by atoms with Gasteiger partial charge in [-0.1, -0.05) is 19.8 Å². The molecule has 1 aromatic carbocycles. The topological polar surface area (TPSA) is 57.8 Å². The van der Waals surface area contributed by atoms with Crippen LogP contribution in [0.4, 0.5) is 0 Å². The lowest BCUT2D eigenvalue weighted by molar-refractivity contribution is 0.0938. The molecule has 2 N–H and O–H groups in total. The SMILES string of the molecule is CCc1nc2ccc(C(=O)NC3CCCC3)cc2[nH]1. The van der Waals surface area contributed by atoms with Crippen LogP contribution in [0.2, 0.25) is 0 Å².